The van der Waals surface area contributed by atoms with Crippen LogP contribution in [0.5, 0.6) is 0 Å². The van der Waals surface area contributed by atoms with E-state index < -0.39 is 6.10 Å². The molecule has 1 heterocycles. The van der Waals surface area contributed by atoms with E-state index in [0.717, 1.165) is 5.56 Å². The molecule has 1 aromatic rings. The Labute approximate surface area is 99.9 Å². The molecule has 0 bridgehead atoms. The Morgan fingerprint density at radius 2 is 2.24 bits per heavy atom. The summed E-state index contributed by atoms with van der Waals surface area (Å²) in [6, 6.07) is 9.71. The SMILES string of the molecule is O=C(CN1CC(O)CO1)NCc1ccccc1. The monoisotopic (exact) mass is 236 g/mol. The third-order valence-corrected chi connectivity index (χ3v) is 2.52. The highest BCUT2D eigenvalue weighted by Crippen LogP contribution is 2.04. The summed E-state index contributed by atoms with van der Waals surface area (Å²) < 4.78 is 0. The first-order chi connectivity index (χ1) is 8.24. The van der Waals surface area contributed by atoms with Crippen molar-refractivity contribution in [3.05, 3.63) is 35.9 Å². The van der Waals surface area contributed by atoms with Gasteiger partial charge in [0.05, 0.1) is 19.3 Å². The van der Waals surface area contributed by atoms with Crippen LogP contribution in [0.25, 0.3) is 0 Å². The van der Waals surface area contributed by atoms with Crippen LogP contribution in [0.15, 0.2) is 30.3 Å². The van der Waals surface area contributed by atoms with E-state index in [4.69, 9.17) is 4.84 Å². The van der Waals surface area contributed by atoms with E-state index >= 15 is 0 Å². The quantitative estimate of drug-likeness (QED) is 0.767. The number of hydrogen-bond acceptors (Lipinski definition) is 4. The second-order valence-electron chi connectivity index (χ2n) is 4.03. The van der Waals surface area contributed by atoms with Gasteiger partial charge in [-0.05, 0) is 5.56 Å². The molecule has 0 radical (unpaired) electrons. The fourth-order valence-electron chi connectivity index (χ4n) is 1.65. The predicted octanol–water partition coefficient (Wildman–Crippen LogP) is -0.0891. The van der Waals surface area contributed by atoms with Crippen LogP contribution in [0.2, 0.25) is 0 Å². The van der Waals surface area contributed by atoms with Gasteiger partial charge >= 0.3 is 0 Å². The van der Waals surface area contributed by atoms with Crippen molar-refractivity contribution in [3.63, 3.8) is 0 Å². The van der Waals surface area contributed by atoms with Crippen molar-refractivity contribution in [3.8, 4) is 0 Å². The number of aliphatic hydroxyl groups is 1. The lowest BCUT2D eigenvalue weighted by atomic mass is 10.2. The van der Waals surface area contributed by atoms with E-state index in [1.165, 1.54) is 5.06 Å². The lowest BCUT2D eigenvalue weighted by molar-refractivity contribution is -0.142. The second kappa shape index (κ2) is 5.77. The van der Waals surface area contributed by atoms with Crippen molar-refractivity contribution in [1.29, 1.82) is 0 Å². The third-order valence-electron chi connectivity index (χ3n) is 2.52. The van der Waals surface area contributed by atoms with Gasteiger partial charge in [-0.15, -0.1) is 0 Å². The molecule has 1 fully saturated rings. The number of aliphatic hydroxyl groups excluding tert-OH is 1. The Morgan fingerprint density at radius 3 is 2.88 bits per heavy atom. The van der Waals surface area contributed by atoms with Gasteiger partial charge in [0.1, 0.15) is 6.54 Å². The van der Waals surface area contributed by atoms with Crippen molar-refractivity contribution in [2.75, 3.05) is 19.7 Å². The molecule has 92 valence electrons. The number of amides is 1. The van der Waals surface area contributed by atoms with E-state index in [-0.39, 0.29) is 19.1 Å². The molecular weight excluding hydrogens is 220 g/mol. The molecule has 2 rings (SSSR count). The predicted molar refractivity (Wildman–Crippen MR) is 61.8 cm³/mol. The Kier molecular flexibility index (Phi) is 4.08. The highest BCUT2D eigenvalue weighted by Gasteiger charge is 2.22. The summed E-state index contributed by atoms with van der Waals surface area (Å²) in [5.41, 5.74) is 1.06. The standard InChI is InChI=1S/C12H16N2O3/c15-11-7-14(17-9-11)8-12(16)13-6-10-4-2-1-3-5-10/h1-5,11,15H,6-9H2,(H,13,16). The van der Waals surface area contributed by atoms with Crippen LogP contribution in [0.1, 0.15) is 5.56 Å². The molecule has 1 aliphatic heterocycles. The maximum atomic E-state index is 11.6. The molecule has 1 amide bonds. The van der Waals surface area contributed by atoms with Crippen molar-refractivity contribution >= 4 is 5.91 Å². The van der Waals surface area contributed by atoms with Gasteiger partial charge in [-0.1, -0.05) is 30.3 Å². The van der Waals surface area contributed by atoms with Gasteiger partial charge < -0.3 is 10.4 Å². The van der Waals surface area contributed by atoms with Crippen molar-refractivity contribution in [2.24, 2.45) is 0 Å². The first-order valence-corrected chi connectivity index (χ1v) is 5.60. The van der Waals surface area contributed by atoms with Crippen LogP contribution in [0, 0.1) is 0 Å². The Morgan fingerprint density at radius 1 is 1.47 bits per heavy atom. The summed E-state index contributed by atoms with van der Waals surface area (Å²) in [4.78, 5) is 16.7. The van der Waals surface area contributed by atoms with Crippen LogP contribution >= 0.6 is 0 Å². The Balaban J connectivity index is 1.71. The van der Waals surface area contributed by atoms with Crippen LogP contribution in [0.3, 0.4) is 0 Å². The number of carbonyl (C=O) groups is 1. The largest absolute Gasteiger partial charge is 0.389 e. The molecule has 0 spiro atoms. The Bertz CT molecular complexity index is 369. The fraction of sp³-hybridized carbons (Fsp3) is 0.417. The molecule has 0 saturated carbocycles. The average molecular weight is 236 g/mol. The molecule has 0 aliphatic carbocycles. The van der Waals surface area contributed by atoms with E-state index in [0.29, 0.717) is 13.1 Å². The molecule has 17 heavy (non-hydrogen) atoms. The number of β-amino-alcohol motifs (C(OH)–C–C–N with tert-alkyl or cyclic N) is 1. The highest BCUT2D eigenvalue weighted by molar-refractivity contribution is 5.77. The molecule has 1 unspecified atom stereocenters. The van der Waals surface area contributed by atoms with Gasteiger partial charge in [-0.2, -0.15) is 5.06 Å². The average Bonchev–Trinajstić information content (AvgIpc) is 2.73. The lowest BCUT2D eigenvalue weighted by Crippen LogP contribution is -2.35. The first kappa shape index (κ1) is 12.0. The van der Waals surface area contributed by atoms with Crippen LogP contribution in [0.4, 0.5) is 0 Å². The maximum Gasteiger partial charge on any atom is 0.236 e. The van der Waals surface area contributed by atoms with Crippen LogP contribution < -0.4 is 5.32 Å². The molecule has 1 aliphatic rings. The molecule has 2 N–H and O–H groups in total. The zero-order valence-corrected chi connectivity index (χ0v) is 9.50. The van der Waals surface area contributed by atoms with E-state index in [1.807, 2.05) is 30.3 Å². The van der Waals surface area contributed by atoms with Gasteiger partial charge in [-0.25, -0.2) is 0 Å². The van der Waals surface area contributed by atoms with Crippen LogP contribution in [-0.2, 0) is 16.2 Å². The zero-order valence-electron chi connectivity index (χ0n) is 9.50. The van der Waals surface area contributed by atoms with Gasteiger partial charge in [0.25, 0.3) is 0 Å². The minimum atomic E-state index is -0.489. The molecule has 5 heteroatoms. The summed E-state index contributed by atoms with van der Waals surface area (Å²) in [7, 11) is 0. The molecule has 1 saturated heterocycles. The molecule has 1 atom stereocenters. The fourth-order valence-corrected chi connectivity index (χ4v) is 1.65. The maximum absolute atomic E-state index is 11.6. The topological polar surface area (TPSA) is 61.8 Å². The normalized spacial score (nSPS) is 20.4. The molecule has 1 aromatic carbocycles. The minimum absolute atomic E-state index is 0.108. The number of hydrogen-bond donors (Lipinski definition) is 2. The zero-order chi connectivity index (χ0) is 12.1. The number of carbonyl (C=O) groups excluding carboxylic acids is 1. The summed E-state index contributed by atoms with van der Waals surface area (Å²) >= 11 is 0. The van der Waals surface area contributed by atoms with Crippen molar-refractivity contribution in [2.45, 2.75) is 12.6 Å². The number of rotatable bonds is 4. The Hall–Kier alpha value is -1.43. The van der Waals surface area contributed by atoms with Gasteiger partial charge in [0.15, 0.2) is 0 Å². The van der Waals surface area contributed by atoms with Gasteiger partial charge in [-0.3, -0.25) is 9.63 Å². The summed E-state index contributed by atoms with van der Waals surface area (Å²) in [6.45, 7) is 1.32. The van der Waals surface area contributed by atoms with Gasteiger partial charge in [0.2, 0.25) is 5.91 Å². The molecule has 0 aromatic heterocycles. The number of nitrogens with zero attached hydrogens (tertiary/aromatic N) is 1. The highest BCUT2D eigenvalue weighted by atomic mass is 16.7. The number of benzene rings is 1. The second-order valence-corrected chi connectivity index (χ2v) is 4.03. The lowest BCUT2D eigenvalue weighted by Gasteiger charge is -2.13. The number of hydroxylamine groups is 2. The summed E-state index contributed by atoms with van der Waals surface area (Å²) in [6.07, 6.45) is -0.489. The number of nitrogens with one attached hydrogen (secondary N) is 1. The summed E-state index contributed by atoms with van der Waals surface area (Å²) in [5, 5.41) is 13.5. The van der Waals surface area contributed by atoms with Crippen molar-refractivity contribution < 1.29 is 14.7 Å². The van der Waals surface area contributed by atoms with Crippen molar-refractivity contribution in [1.82, 2.24) is 10.4 Å². The third kappa shape index (κ3) is 3.81. The van der Waals surface area contributed by atoms with Gasteiger partial charge in [0, 0.05) is 6.54 Å². The van der Waals surface area contributed by atoms with E-state index in [1.54, 1.807) is 0 Å². The van der Waals surface area contributed by atoms with E-state index in [2.05, 4.69) is 5.32 Å². The minimum Gasteiger partial charge on any atom is -0.389 e. The van der Waals surface area contributed by atoms with Crippen LogP contribution in [-0.4, -0.2) is 41.9 Å². The van der Waals surface area contributed by atoms with E-state index in [9.17, 15) is 9.90 Å². The first-order valence-electron chi connectivity index (χ1n) is 5.60. The molecular formula is C12H16N2O3. The smallest absolute Gasteiger partial charge is 0.236 e. The summed E-state index contributed by atoms with van der Waals surface area (Å²) in [5.74, 6) is -0.108. The molecule has 5 nitrogen and oxygen atoms in total.